The number of hydrogen-bond acceptors (Lipinski definition) is 2. The Morgan fingerprint density at radius 2 is 2.06 bits per heavy atom. The first-order valence-corrected chi connectivity index (χ1v) is 7.79. The maximum absolute atomic E-state index is 12.2. The average molecular weight is 239 g/mol. The Bertz CT molecular complexity index is 275. The molecule has 2 unspecified atom stereocenters. The van der Waals surface area contributed by atoms with Gasteiger partial charge in [0.2, 0.25) is 5.91 Å². The van der Waals surface area contributed by atoms with Gasteiger partial charge in [0.15, 0.2) is 0 Å². The lowest BCUT2D eigenvalue weighted by molar-refractivity contribution is -0.132. The number of rotatable bonds is 2. The molecule has 1 amide bonds. The number of likely N-dealkylation sites (tertiary alicyclic amines) is 1. The van der Waals surface area contributed by atoms with Crippen molar-refractivity contribution >= 4 is 17.7 Å². The Labute approximate surface area is 102 Å². The van der Waals surface area contributed by atoms with Crippen molar-refractivity contribution in [3.8, 4) is 0 Å². The predicted molar refractivity (Wildman–Crippen MR) is 67.6 cm³/mol. The minimum Gasteiger partial charge on any atom is -0.338 e. The fraction of sp³-hybridized carbons (Fsp3) is 0.923. The zero-order valence-electron chi connectivity index (χ0n) is 9.86. The van der Waals surface area contributed by atoms with Crippen molar-refractivity contribution in [1.29, 1.82) is 0 Å². The van der Waals surface area contributed by atoms with Crippen molar-refractivity contribution in [3.05, 3.63) is 0 Å². The molecule has 2 heterocycles. The molecule has 2 bridgehead atoms. The van der Waals surface area contributed by atoms with E-state index in [1.54, 1.807) is 0 Å². The lowest BCUT2D eigenvalue weighted by Gasteiger charge is -2.29. The third kappa shape index (κ3) is 2.11. The van der Waals surface area contributed by atoms with E-state index in [9.17, 15) is 4.79 Å². The third-order valence-electron chi connectivity index (χ3n) is 4.41. The summed E-state index contributed by atoms with van der Waals surface area (Å²) in [6.45, 7) is 1.04. The van der Waals surface area contributed by atoms with Crippen LogP contribution in [-0.2, 0) is 4.79 Å². The van der Waals surface area contributed by atoms with E-state index in [2.05, 4.69) is 16.7 Å². The van der Waals surface area contributed by atoms with Crippen LogP contribution in [0.15, 0.2) is 0 Å². The minimum atomic E-state index is 0.458. The van der Waals surface area contributed by atoms with Gasteiger partial charge in [-0.25, -0.2) is 0 Å². The van der Waals surface area contributed by atoms with Crippen LogP contribution >= 0.6 is 11.8 Å². The number of fused-ring (bicyclic) bond motifs is 2. The molecule has 1 saturated carbocycles. The van der Waals surface area contributed by atoms with Gasteiger partial charge in [0.25, 0.3) is 0 Å². The largest absolute Gasteiger partial charge is 0.338 e. The van der Waals surface area contributed by atoms with Crippen molar-refractivity contribution in [2.24, 2.45) is 5.92 Å². The smallest absolute Gasteiger partial charge is 0.223 e. The molecule has 90 valence electrons. The molecule has 0 radical (unpaired) electrons. The molecule has 2 atom stereocenters. The molecule has 3 aliphatic rings. The normalized spacial score (nSPS) is 34.6. The van der Waals surface area contributed by atoms with E-state index < -0.39 is 0 Å². The summed E-state index contributed by atoms with van der Waals surface area (Å²) in [7, 11) is 0. The van der Waals surface area contributed by atoms with Gasteiger partial charge in [-0.05, 0) is 25.2 Å². The molecule has 16 heavy (non-hydrogen) atoms. The predicted octanol–water partition coefficient (Wildman–Crippen LogP) is 2.67. The van der Waals surface area contributed by atoms with Crippen LogP contribution in [0.25, 0.3) is 0 Å². The van der Waals surface area contributed by atoms with Gasteiger partial charge >= 0.3 is 0 Å². The number of carbonyl (C=O) groups excluding carboxylic acids is 1. The van der Waals surface area contributed by atoms with Crippen LogP contribution in [0, 0.1) is 5.92 Å². The molecule has 0 N–H and O–H groups in total. The van der Waals surface area contributed by atoms with Crippen LogP contribution in [-0.4, -0.2) is 34.4 Å². The molecule has 0 aromatic heterocycles. The Morgan fingerprint density at radius 3 is 2.69 bits per heavy atom. The van der Waals surface area contributed by atoms with Gasteiger partial charge < -0.3 is 4.90 Å². The minimum absolute atomic E-state index is 0.458. The molecular formula is C13H21NOS. The van der Waals surface area contributed by atoms with Crippen LogP contribution in [0.2, 0.25) is 0 Å². The summed E-state index contributed by atoms with van der Waals surface area (Å²) in [4.78, 5) is 14.4. The maximum Gasteiger partial charge on any atom is 0.223 e. The summed E-state index contributed by atoms with van der Waals surface area (Å²) in [5, 5.41) is 0.764. The van der Waals surface area contributed by atoms with E-state index in [4.69, 9.17) is 0 Å². The van der Waals surface area contributed by atoms with Crippen molar-refractivity contribution in [3.63, 3.8) is 0 Å². The molecule has 0 aromatic rings. The van der Waals surface area contributed by atoms with Gasteiger partial charge in [-0.3, -0.25) is 4.79 Å². The van der Waals surface area contributed by atoms with Gasteiger partial charge in [-0.15, -0.1) is 0 Å². The Kier molecular flexibility index (Phi) is 3.14. The maximum atomic E-state index is 12.2. The first kappa shape index (κ1) is 10.9. The summed E-state index contributed by atoms with van der Waals surface area (Å²) >= 11 is 2.07. The van der Waals surface area contributed by atoms with E-state index in [-0.39, 0.29) is 0 Å². The molecule has 3 fully saturated rings. The van der Waals surface area contributed by atoms with E-state index in [0.717, 1.165) is 18.2 Å². The van der Waals surface area contributed by atoms with Crippen LogP contribution in [0.1, 0.15) is 44.9 Å². The van der Waals surface area contributed by atoms with Gasteiger partial charge in [-0.1, -0.05) is 19.3 Å². The number of amides is 1. The van der Waals surface area contributed by atoms with E-state index in [1.807, 2.05) is 0 Å². The number of thioether (sulfide) groups is 1. The molecule has 2 nitrogen and oxygen atoms in total. The van der Waals surface area contributed by atoms with Gasteiger partial charge in [0, 0.05) is 30.0 Å². The number of nitrogens with zero attached hydrogens (tertiary/aromatic N) is 1. The topological polar surface area (TPSA) is 20.3 Å². The highest BCUT2D eigenvalue weighted by Gasteiger charge is 2.41. The second-order valence-electron chi connectivity index (χ2n) is 5.60. The summed E-state index contributed by atoms with van der Waals surface area (Å²) in [6, 6.07) is 0.589. The standard InChI is InChI=1S/C13H21NOS/c15-13(6-10-4-2-1-3-5-10)14-8-12-7-11(14)9-16-12/h10-12H,1-9H2. The van der Waals surface area contributed by atoms with Crippen LogP contribution in [0.4, 0.5) is 0 Å². The fourth-order valence-corrected chi connectivity index (χ4v) is 4.90. The van der Waals surface area contributed by atoms with E-state index in [1.165, 1.54) is 44.3 Å². The van der Waals surface area contributed by atoms with E-state index in [0.29, 0.717) is 17.9 Å². The Morgan fingerprint density at radius 1 is 1.25 bits per heavy atom. The second kappa shape index (κ2) is 4.59. The first-order valence-electron chi connectivity index (χ1n) is 6.74. The van der Waals surface area contributed by atoms with Crippen molar-refractivity contribution in [1.82, 2.24) is 4.90 Å². The average Bonchev–Trinajstić information content (AvgIpc) is 2.92. The Hall–Kier alpha value is -0.180. The van der Waals surface area contributed by atoms with Gasteiger partial charge in [-0.2, -0.15) is 11.8 Å². The number of carbonyl (C=O) groups is 1. The molecular weight excluding hydrogens is 218 g/mol. The van der Waals surface area contributed by atoms with Gasteiger partial charge in [0.05, 0.1) is 0 Å². The second-order valence-corrected chi connectivity index (χ2v) is 6.93. The van der Waals surface area contributed by atoms with Crippen molar-refractivity contribution < 1.29 is 4.79 Å². The third-order valence-corrected chi connectivity index (χ3v) is 5.80. The lowest BCUT2D eigenvalue weighted by Crippen LogP contribution is -2.40. The molecule has 0 aromatic carbocycles. The lowest BCUT2D eigenvalue weighted by atomic mass is 9.86. The van der Waals surface area contributed by atoms with E-state index >= 15 is 0 Å². The van der Waals surface area contributed by atoms with Gasteiger partial charge in [0.1, 0.15) is 0 Å². The van der Waals surface area contributed by atoms with Crippen molar-refractivity contribution in [2.75, 3.05) is 12.3 Å². The quantitative estimate of drug-likeness (QED) is 0.738. The Balaban J connectivity index is 1.53. The summed E-state index contributed by atoms with van der Waals surface area (Å²) in [5.41, 5.74) is 0. The number of hydrogen-bond donors (Lipinski definition) is 0. The SMILES string of the molecule is O=C(CC1CCCCC1)N1CC2CC1CS2. The molecule has 1 aliphatic carbocycles. The molecule has 3 rings (SSSR count). The highest BCUT2D eigenvalue weighted by molar-refractivity contribution is 8.00. The molecule has 2 aliphatic heterocycles. The molecule has 2 saturated heterocycles. The molecule has 3 heteroatoms. The van der Waals surface area contributed by atoms with Crippen molar-refractivity contribution in [2.45, 2.75) is 56.2 Å². The molecule has 0 spiro atoms. The fourth-order valence-electron chi connectivity index (χ4n) is 3.46. The highest BCUT2D eigenvalue weighted by Crippen LogP contribution is 2.38. The van der Waals surface area contributed by atoms with Crippen LogP contribution in [0.5, 0.6) is 0 Å². The zero-order valence-corrected chi connectivity index (χ0v) is 10.7. The van der Waals surface area contributed by atoms with Crippen LogP contribution in [0.3, 0.4) is 0 Å². The highest BCUT2D eigenvalue weighted by atomic mass is 32.2. The van der Waals surface area contributed by atoms with Crippen LogP contribution < -0.4 is 0 Å². The first-order chi connectivity index (χ1) is 7.83. The summed E-state index contributed by atoms with van der Waals surface area (Å²) in [6.07, 6.45) is 8.77. The summed E-state index contributed by atoms with van der Waals surface area (Å²) < 4.78 is 0. The monoisotopic (exact) mass is 239 g/mol. The summed E-state index contributed by atoms with van der Waals surface area (Å²) in [5.74, 6) is 2.36. The zero-order chi connectivity index (χ0) is 11.0.